The Hall–Kier alpha value is -5.38. The van der Waals surface area contributed by atoms with Gasteiger partial charge in [-0.25, -0.2) is 0 Å². The number of hydrogen-bond acceptors (Lipinski definition) is 10. The van der Waals surface area contributed by atoms with Gasteiger partial charge in [-0.2, -0.15) is 0 Å². The van der Waals surface area contributed by atoms with Crippen LogP contribution in [-0.4, -0.2) is 42.2 Å². The monoisotopic (exact) mass is 542 g/mol. The van der Waals surface area contributed by atoms with E-state index in [-0.39, 0.29) is 45.6 Å². The Morgan fingerprint density at radius 1 is 0.475 bits per heavy atom. The maximum Gasteiger partial charge on any atom is 0.178 e. The lowest BCUT2D eigenvalue weighted by atomic mass is 9.69. The van der Waals surface area contributed by atoms with Crippen molar-refractivity contribution in [1.29, 1.82) is 0 Å². The topological polar surface area (TPSA) is 174 Å². The van der Waals surface area contributed by atoms with E-state index in [0.717, 1.165) is 12.1 Å². The van der Waals surface area contributed by atoms with Crippen molar-refractivity contribution in [2.24, 2.45) is 11.8 Å². The number of carbonyl (C=O) groups is 2. The Morgan fingerprint density at radius 2 is 0.825 bits per heavy atom. The number of hydrogen-bond donors (Lipinski definition) is 6. The number of aromatic hydroxyl groups is 6. The minimum Gasteiger partial charge on any atom is -0.508 e. The molecule has 0 amide bonds. The number of carbonyl (C=O) groups excluding carboxylic acids is 2. The number of fused-ring (bicyclic) bond motifs is 2. The number of benzene rings is 4. The molecule has 10 nitrogen and oxygen atoms in total. The molecule has 0 aliphatic carbocycles. The highest BCUT2D eigenvalue weighted by molar-refractivity contribution is 6.11. The van der Waals surface area contributed by atoms with E-state index >= 15 is 0 Å². The van der Waals surface area contributed by atoms with Gasteiger partial charge in [-0.15, -0.1) is 0 Å². The van der Waals surface area contributed by atoms with Crippen molar-refractivity contribution < 1.29 is 49.7 Å². The average molecular weight is 542 g/mol. The number of ketones is 2. The summed E-state index contributed by atoms with van der Waals surface area (Å²) < 4.78 is 12.3. The van der Waals surface area contributed by atoms with Gasteiger partial charge < -0.3 is 40.1 Å². The lowest BCUT2D eigenvalue weighted by molar-refractivity contribution is 0.0129. The molecule has 6 rings (SSSR count). The zero-order valence-electron chi connectivity index (χ0n) is 20.6. The molecule has 6 N–H and O–H groups in total. The first-order chi connectivity index (χ1) is 19.1. The first-order valence-corrected chi connectivity index (χ1v) is 12.2. The molecule has 2 heterocycles. The van der Waals surface area contributed by atoms with Crippen molar-refractivity contribution in [2.75, 3.05) is 0 Å². The smallest absolute Gasteiger partial charge is 0.178 e. The van der Waals surface area contributed by atoms with E-state index in [1.807, 2.05) is 0 Å². The maximum atomic E-state index is 14.2. The summed E-state index contributed by atoms with van der Waals surface area (Å²) in [6, 6.07) is 15.9. The molecule has 2 aliphatic rings. The van der Waals surface area contributed by atoms with Crippen molar-refractivity contribution in [1.82, 2.24) is 0 Å². The van der Waals surface area contributed by atoms with Crippen LogP contribution < -0.4 is 9.47 Å². The normalized spacial score (nSPS) is 21.6. The van der Waals surface area contributed by atoms with E-state index in [1.54, 1.807) is 0 Å². The minimum absolute atomic E-state index is 0.0455. The van der Waals surface area contributed by atoms with Gasteiger partial charge in [0.2, 0.25) is 0 Å². The molecule has 0 spiro atoms. The van der Waals surface area contributed by atoms with E-state index in [1.165, 1.54) is 60.7 Å². The molecule has 0 bridgehead atoms. The predicted molar refractivity (Wildman–Crippen MR) is 138 cm³/mol. The molecule has 2 unspecified atom stereocenters. The standard InChI is InChI=1S/C30H22O10/c31-15-5-1-13(2-6-15)29-25(27(37)23-19(35)9-17(33)11-21(23)39-29)26-28(38)24-20(36)10-18(34)12-22(24)40-30(26)14-3-7-16(32)8-4-14/h1-12,25-26,29-36H/t25-,26-,29?,30?/m1/s1. The van der Waals surface area contributed by atoms with Crippen molar-refractivity contribution in [3.05, 3.63) is 95.1 Å². The summed E-state index contributed by atoms with van der Waals surface area (Å²) >= 11 is 0. The zero-order chi connectivity index (χ0) is 28.3. The molecule has 0 saturated heterocycles. The fourth-order valence-electron chi connectivity index (χ4n) is 5.46. The van der Waals surface area contributed by atoms with Gasteiger partial charge in [-0.05, 0) is 35.4 Å². The molecule has 4 aromatic carbocycles. The molecule has 4 aromatic rings. The third-order valence-electron chi connectivity index (χ3n) is 7.22. The van der Waals surface area contributed by atoms with E-state index in [2.05, 4.69) is 0 Å². The number of Topliss-reactive ketones (excluding diaryl/α,β-unsaturated/α-hetero) is 2. The van der Waals surface area contributed by atoms with Gasteiger partial charge in [0.1, 0.15) is 69.3 Å². The summed E-state index contributed by atoms with van der Waals surface area (Å²) in [5, 5.41) is 61.1. The summed E-state index contributed by atoms with van der Waals surface area (Å²) in [5.74, 6) is -6.10. The van der Waals surface area contributed by atoms with E-state index < -0.39 is 47.1 Å². The zero-order valence-corrected chi connectivity index (χ0v) is 20.6. The Bertz CT molecular complexity index is 1530. The Balaban J connectivity index is 1.59. The van der Waals surface area contributed by atoms with Crippen LogP contribution in [0.15, 0.2) is 72.8 Å². The SMILES string of the molecule is O=C1c2c(O)cc(O)cc2OC(c2ccc(O)cc2)[C@@H]1[C@@H]1C(=O)c2c(O)cc(O)cc2OC1c1ccc(O)cc1. The van der Waals surface area contributed by atoms with Crippen LogP contribution in [0.1, 0.15) is 44.1 Å². The van der Waals surface area contributed by atoms with Gasteiger partial charge in [0.25, 0.3) is 0 Å². The molecule has 10 heteroatoms. The summed E-state index contributed by atoms with van der Waals surface area (Å²) in [5.41, 5.74) is 0.330. The van der Waals surface area contributed by atoms with Crippen LogP contribution >= 0.6 is 0 Å². The second-order valence-electron chi connectivity index (χ2n) is 9.72. The number of rotatable bonds is 3. The van der Waals surface area contributed by atoms with Gasteiger partial charge in [-0.3, -0.25) is 9.59 Å². The molecule has 2 aliphatic heterocycles. The molecule has 4 atom stereocenters. The average Bonchev–Trinajstić information content (AvgIpc) is 2.89. The van der Waals surface area contributed by atoms with Crippen LogP contribution in [0.4, 0.5) is 0 Å². The van der Waals surface area contributed by atoms with Crippen molar-refractivity contribution in [3.63, 3.8) is 0 Å². The lowest BCUT2D eigenvalue weighted by Crippen LogP contribution is -2.45. The highest BCUT2D eigenvalue weighted by Crippen LogP contribution is 2.53. The van der Waals surface area contributed by atoms with E-state index in [4.69, 9.17) is 9.47 Å². The summed E-state index contributed by atoms with van der Waals surface area (Å²) in [6.45, 7) is 0. The van der Waals surface area contributed by atoms with Crippen LogP contribution in [0.25, 0.3) is 0 Å². The predicted octanol–water partition coefficient (Wildman–Crippen LogP) is 4.49. The van der Waals surface area contributed by atoms with Gasteiger partial charge in [0, 0.05) is 24.3 Å². The second kappa shape index (κ2) is 9.12. The number of ether oxygens (including phenoxy) is 2. The molecule has 0 saturated carbocycles. The van der Waals surface area contributed by atoms with Crippen LogP contribution in [0.3, 0.4) is 0 Å². The fourth-order valence-corrected chi connectivity index (χ4v) is 5.46. The minimum atomic E-state index is -1.33. The molecular formula is C30H22O10. The van der Waals surface area contributed by atoms with Gasteiger partial charge in [0.15, 0.2) is 11.6 Å². The summed E-state index contributed by atoms with van der Waals surface area (Å²) in [4.78, 5) is 28.4. The molecule has 0 radical (unpaired) electrons. The maximum absolute atomic E-state index is 14.2. The third-order valence-corrected chi connectivity index (χ3v) is 7.22. The molecule has 0 fully saturated rings. The van der Waals surface area contributed by atoms with Crippen molar-refractivity contribution >= 4 is 11.6 Å². The van der Waals surface area contributed by atoms with Crippen molar-refractivity contribution in [3.8, 4) is 46.0 Å². The Kier molecular flexibility index (Phi) is 5.69. The first kappa shape index (κ1) is 24.9. The van der Waals surface area contributed by atoms with E-state index in [9.17, 15) is 40.2 Å². The highest BCUT2D eigenvalue weighted by atomic mass is 16.5. The summed E-state index contributed by atoms with van der Waals surface area (Å²) in [7, 11) is 0. The second-order valence-corrected chi connectivity index (χ2v) is 9.72. The number of phenols is 6. The van der Waals surface area contributed by atoms with Crippen LogP contribution in [0.2, 0.25) is 0 Å². The quantitative estimate of drug-likeness (QED) is 0.216. The van der Waals surface area contributed by atoms with Gasteiger partial charge in [0.05, 0.1) is 11.8 Å². The summed E-state index contributed by atoms with van der Waals surface area (Å²) in [6.07, 6.45) is -2.31. The lowest BCUT2D eigenvalue weighted by Gasteiger charge is -2.42. The fraction of sp³-hybridized carbons (Fsp3) is 0.133. The van der Waals surface area contributed by atoms with Crippen LogP contribution in [0, 0.1) is 11.8 Å². The van der Waals surface area contributed by atoms with Gasteiger partial charge >= 0.3 is 0 Å². The van der Waals surface area contributed by atoms with Crippen LogP contribution in [-0.2, 0) is 0 Å². The third kappa shape index (κ3) is 3.97. The van der Waals surface area contributed by atoms with Crippen LogP contribution in [0.5, 0.6) is 46.0 Å². The highest BCUT2D eigenvalue weighted by Gasteiger charge is 2.53. The largest absolute Gasteiger partial charge is 0.508 e. The van der Waals surface area contributed by atoms with Crippen molar-refractivity contribution in [2.45, 2.75) is 12.2 Å². The van der Waals surface area contributed by atoms with Gasteiger partial charge in [-0.1, -0.05) is 24.3 Å². The molecular weight excluding hydrogens is 520 g/mol. The number of phenolic OH excluding ortho intramolecular Hbond substituents is 6. The first-order valence-electron chi connectivity index (χ1n) is 12.2. The Labute approximate surface area is 226 Å². The molecule has 0 aromatic heterocycles. The Morgan fingerprint density at radius 3 is 1.18 bits per heavy atom. The van der Waals surface area contributed by atoms with E-state index in [0.29, 0.717) is 11.1 Å². The molecule has 202 valence electrons. The molecule has 40 heavy (non-hydrogen) atoms.